The van der Waals surface area contributed by atoms with Crippen LogP contribution in [0.25, 0.3) is 0 Å². The minimum atomic E-state index is -0.858. The van der Waals surface area contributed by atoms with Crippen molar-refractivity contribution in [3.05, 3.63) is 17.5 Å². The zero-order valence-corrected chi connectivity index (χ0v) is 9.54. The quantitative estimate of drug-likeness (QED) is 0.709. The van der Waals surface area contributed by atoms with E-state index in [0.717, 1.165) is 0 Å². The SMILES string of the molecule is Cc1cc(C(=O)NCCSCC(=O)O)no1. The maximum Gasteiger partial charge on any atom is 0.313 e. The van der Waals surface area contributed by atoms with Gasteiger partial charge in [-0.3, -0.25) is 9.59 Å². The van der Waals surface area contributed by atoms with E-state index in [1.54, 1.807) is 13.0 Å². The molecule has 0 spiro atoms. The number of rotatable bonds is 6. The second-order valence-electron chi connectivity index (χ2n) is 3.03. The van der Waals surface area contributed by atoms with Crippen LogP contribution in [0, 0.1) is 6.92 Å². The summed E-state index contributed by atoms with van der Waals surface area (Å²) in [6, 6.07) is 1.54. The van der Waals surface area contributed by atoms with Gasteiger partial charge in [0, 0.05) is 18.4 Å². The molecule has 1 rings (SSSR count). The van der Waals surface area contributed by atoms with Crippen LogP contribution < -0.4 is 5.32 Å². The van der Waals surface area contributed by atoms with Gasteiger partial charge >= 0.3 is 5.97 Å². The van der Waals surface area contributed by atoms with Crippen molar-refractivity contribution in [1.29, 1.82) is 0 Å². The number of nitrogens with zero attached hydrogens (tertiary/aromatic N) is 1. The molecule has 0 unspecified atom stereocenters. The normalized spacial score (nSPS) is 10.1. The molecule has 1 amide bonds. The zero-order chi connectivity index (χ0) is 12.0. The monoisotopic (exact) mass is 244 g/mol. The lowest BCUT2D eigenvalue weighted by Crippen LogP contribution is -2.26. The summed E-state index contributed by atoms with van der Waals surface area (Å²) in [5.74, 6) is -0.00463. The lowest BCUT2D eigenvalue weighted by atomic mass is 10.3. The van der Waals surface area contributed by atoms with E-state index >= 15 is 0 Å². The molecule has 88 valence electrons. The average molecular weight is 244 g/mol. The van der Waals surface area contributed by atoms with Gasteiger partial charge in [-0.1, -0.05) is 5.16 Å². The Labute approximate surface area is 96.4 Å². The van der Waals surface area contributed by atoms with Crippen molar-refractivity contribution in [3.63, 3.8) is 0 Å². The number of aryl methyl sites for hydroxylation is 1. The Morgan fingerprint density at radius 3 is 2.94 bits per heavy atom. The van der Waals surface area contributed by atoms with E-state index in [2.05, 4.69) is 10.5 Å². The molecule has 2 N–H and O–H groups in total. The maximum absolute atomic E-state index is 11.4. The fourth-order valence-electron chi connectivity index (χ4n) is 0.960. The third-order valence-electron chi connectivity index (χ3n) is 1.62. The molecule has 0 bridgehead atoms. The topological polar surface area (TPSA) is 92.4 Å². The summed E-state index contributed by atoms with van der Waals surface area (Å²) in [6.07, 6.45) is 0. The summed E-state index contributed by atoms with van der Waals surface area (Å²) in [6.45, 7) is 2.11. The first kappa shape index (κ1) is 12.6. The van der Waals surface area contributed by atoms with Crippen LogP contribution >= 0.6 is 11.8 Å². The van der Waals surface area contributed by atoms with Crippen molar-refractivity contribution < 1.29 is 19.2 Å². The minimum Gasteiger partial charge on any atom is -0.481 e. The summed E-state index contributed by atoms with van der Waals surface area (Å²) in [5, 5.41) is 14.5. The predicted molar refractivity (Wildman–Crippen MR) is 58.5 cm³/mol. The van der Waals surface area contributed by atoms with Crippen molar-refractivity contribution in [2.45, 2.75) is 6.92 Å². The van der Waals surface area contributed by atoms with E-state index in [1.165, 1.54) is 11.8 Å². The number of carbonyl (C=O) groups excluding carboxylic acids is 1. The van der Waals surface area contributed by atoms with Gasteiger partial charge in [-0.05, 0) is 6.92 Å². The molecule has 0 radical (unpaired) electrons. The van der Waals surface area contributed by atoms with E-state index in [0.29, 0.717) is 18.1 Å². The number of hydrogen-bond donors (Lipinski definition) is 2. The number of carboxylic acids is 1. The summed E-state index contributed by atoms with van der Waals surface area (Å²) in [7, 11) is 0. The number of amides is 1. The zero-order valence-electron chi connectivity index (χ0n) is 8.73. The Hall–Kier alpha value is -1.50. The standard InChI is InChI=1S/C9H12N2O4S/c1-6-4-7(11-15-6)9(14)10-2-3-16-5-8(12)13/h4H,2-3,5H2,1H3,(H,10,14)(H,12,13). The summed E-state index contributed by atoms with van der Waals surface area (Å²) < 4.78 is 4.75. The van der Waals surface area contributed by atoms with Gasteiger partial charge < -0.3 is 14.9 Å². The van der Waals surface area contributed by atoms with Crippen molar-refractivity contribution >= 4 is 23.6 Å². The molecule has 16 heavy (non-hydrogen) atoms. The molecular formula is C9H12N2O4S. The fourth-order valence-corrected chi connectivity index (χ4v) is 1.53. The van der Waals surface area contributed by atoms with Gasteiger partial charge in [-0.25, -0.2) is 0 Å². The molecule has 0 aliphatic carbocycles. The van der Waals surface area contributed by atoms with E-state index in [1.807, 2.05) is 0 Å². The van der Waals surface area contributed by atoms with Crippen LogP contribution in [-0.4, -0.2) is 40.2 Å². The number of carboxylic acid groups (broad SMARTS) is 1. The second-order valence-corrected chi connectivity index (χ2v) is 4.13. The molecule has 0 aromatic carbocycles. The highest BCUT2D eigenvalue weighted by Crippen LogP contribution is 2.01. The van der Waals surface area contributed by atoms with Gasteiger partial charge in [0.15, 0.2) is 5.69 Å². The van der Waals surface area contributed by atoms with Crippen LogP contribution in [0.4, 0.5) is 0 Å². The van der Waals surface area contributed by atoms with Crippen LogP contribution in [0.15, 0.2) is 10.6 Å². The number of hydrogen-bond acceptors (Lipinski definition) is 5. The van der Waals surface area contributed by atoms with Gasteiger partial charge in [-0.2, -0.15) is 0 Å². The first-order valence-corrected chi connectivity index (χ1v) is 5.76. The third-order valence-corrected chi connectivity index (χ3v) is 2.56. The minimum absolute atomic E-state index is 0.0406. The Kier molecular flexibility index (Phi) is 4.84. The van der Waals surface area contributed by atoms with Crippen LogP contribution in [0.2, 0.25) is 0 Å². The Morgan fingerprint density at radius 2 is 2.38 bits per heavy atom. The number of thioether (sulfide) groups is 1. The van der Waals surface area contributed by atoms with Crippen LogP contribution in [0.5, 0.6) is 0 Å². The second kappa shape index (κ2) is 6.16. The number of aliphatic carboxylic acids is 1. The van der Waals surface area contributed by atoms with Crippen molar-refractivity contribution in [2.75, 3.05) is 18.1 Å². The van der Waals surface area contributed by atoms with Crippen LogP contribution in [0.1, 0.15) is 16.2 Å². The summed E-state index contributed by atoms with van der Waals surface area (Å²) in [5.41, 5.74) is 0.237. The summed E-state index contributed by atoms with van der Waals surface area (Å²) >= 11 is 1.25. The van der Waals surface area contributed by atoms with Crippen LogP contribution in [-0.2, 0) is 4.79 Å². The van der Waals surface area contributed by atoms with E-state index in [-0.39, 0.29) is 17.4 Å². The molecule has 1 aromatic heterocycles. The largest absolute Gasteiger partial charge is 0.481 e. The Morgan fingerprint density at radius 1 is 1.62 bits per heavy atom. The third kappa shape index (κ3) is 4.35. The van der Waals surface area contributed by atoms with Crippen molar-refractivity contribution in [1.82, 2.24) is 10.5 Å². The highest BCUT2D eigenvalue weighted by atomic mass is 32.2. The molecule has 0 aliphatic rings. The number of aromatic nitrogens is 1. The van der Waals surface area contributed by atoms with Gasteiger partial charge in [0.1, 0.15) is 5.76 Å². The molecule has 0 saturated heterocycles. The molecule has 0 saturated carbocycles. The molecule has 0 atom stereocenters. The molecule has 7 heteroatoms. The van der Waals surface area contributed by atoms with E-state index in [9.17, 15) is 9.59 Å². The molecule has 6 nitrogen and oxygen atoms in total. The molecule has 1 aromatic rings. The lowest BCUT2D eigenvalue weighted by molar-refractivity contribution is -0.133. The Bertz CT molecular complexity index is 377. The lowest BCUT2D eigenvalue weighted by Gasteiger charge is -2.00. The molecule has 0 fully saturated rings. The highest BCUT2D eigenvalue weighted by Gasteiger charge is 2.09. The van der Waals surface area contributed by atoms with Crippen molar-refractivity contribution in [3.8, 4) is 0 Å². The first-order chi connectivity index (χ1) is 7.59. The molecule has 1 heterocycles. The molecule has 0 aliphatic heterocycles. The fraction of sp³-hybridized carbons (Fsp3) is 0.444. The highest BCUT2D eigenvalue weighted by molar-refractivity contribution is 7.99. The summed E-state index contributed by atoms with van der Waals surface area (Å²) in [4.78, 5) is 21.6. The van der Waals surface area contributed by atoms with E-state index in [4.69, 9.17) is 9.63 Å². The smallest absolute Gasteiger partial charge is 0.313 e. The van der Waals surface area contributed by atoms with Gasteiger partial charge in [0.25, 0.3) is 5.91 Å². The van der Waals surface area contributed by atoms with Crippen LogP contribution in [0.3, 0.4) is 0 Å². The number of nitrogens with one attached hydrogen (secondary N) is 1. The molecular weight excluding hydrogens is 232 g/mol. The predicted octanol–water partition coefficient (Wildman–Crippen LogP) is 0.531. The van der Waals surface area contributed by atoms with Gasteiger partial charge in [-0.15, -0.1) is 11.8 Å². The van der Waals surface area contributed by atoms with Crippen molar-refractivity contribution in [2.24, 2.45) is 0 Å². The maximum atomic E-state index is 11.4. The number of carbonyl (C=O) groups is 2. The Balaban J connectivity index is 2.18. The average Bonchev–Trinajstić information content (AvgIpc) is 2.63. The van der Waals surface area contributed by atoms with Gasteiger partial charge in [0.2, 0.25) is 0 Å². The van der Waals surface area contributed by atoms with Gasteiger partial charge in [0.05, 0.1) is 5.75 Å². The first-order valence-electron chi connectivity index (χ1n) is 4.60. The van der Waals surface area contributed by atoms with E-state index < -0.39 is 5.97 Å².